The molecule has 0 radical (unpaired) electrons. The fourth-order valence-electron chi connectivity index (χ4n) is 2.20. The molecule has 2 aromatic rings. The summed E-state index contributed by atoms with van der Waals surface area (Å²) in [6.45, 7) is 8.16. The van der Waals surface area contributed by atoms with E-state index in [-0.39, 0.29) is 0 Å². The summed E-state index contributed by atoms with van der Waals surface area (Å²) in [5.74, 6) is 0.353. The Labute approximate surface area is 135 Å². The Morgan fingerprint density at radius 3 is 1.32 bits per heavy atom. The van der Waals surface area contributed by atoms with Gasteiger partial charge in [0.15, 0.2) is 0 Å². The minimum atomic E-state index is 0.353. The van der Waals surface area contributed by atoms with E-state index in [2.05, 4.69) is 62.4 Å². The lowest BCUT2D eigenvalue weighted by Crippen LogP contribution is -2.02. The van der Waals surface area contributed by atoms with Gasteiger partial charge in [-0.05, 0) is 37.8 Å². The van der Waals surface area contributed by atoms with Gasteiger partial charge in [0, 0.05) is 12.8 Å². The Balaban J connectivity index is 0.00000116. The highest BCUT2D eigenvalue weighted by molar-refractivity contribution is 5.78. The fourth-order valence-corrected chi connectivity index (χ4v) is 2.20. The Hall–Kier alpha value is -1.89. The summed E-state index contributed by atoms with van der Waals surface area (Å²) in [5.41, 5.74) is 5.03. The van der Waals surface area contributed by atoms with E-state index in [1.807, 2.05) is 13.8 Å². The lowest BCUT2D eigenvalue weighted by molar-refractivity contribution is -0.119. The molecule has 0 bridgehead atoms. The summed E-state index contributed by atoms with van der Waals surface area (Å²) in [6.07, 6.45) is 3.00. The number of rotatable bonds is 6. The van der Waals surface area contributed by atoms with E-state index >= 15 is 0 Å². The highest BCUT2D eigenvalue weighted by Gasteiger charge is 2.04. The monoisotopic (exact) mass is 296 g/mol. The van der Waals surface area contributed by atoms with Crippen LogP contribution >= 0.6 is 0 Å². The van der Waals surface area contributed by atoms with Crippen molar-refractivity contribution in [3.05, 3.63) is 70.8 Å². The van der Waals surface area contributed by atoms with Crippen molar-refractivity contribution >= 4 is 5.78 Å². The molecule has 2 aromatic carbocycles. The van der Waals surface area contributed by atoms with Crippen LogP contribution in [-0.4, -0.2) is 5.78 Å². The van der Waals surface area contributed by atoms with Crippen molar-refractivity contribution < 1.29 is 4.79 Å². The van der Waals surface area contributed by atoms with Crippen LogP contribution in [0.4, 0.5) is 0 Å². The van der Waals surface area contributed by atoms with Gasteiger partial charge < -0.3 is 0 Å². The molecule has 0 aliphatic heterocycles. The average Bonchev–Trinajstić information content (AvgIpc) is 2.56. The minimum Gasteiger partial charge on any atom is -0.300 e. The van der Waals surface area contributed by atoms with Crippen molar-refractivity contribution in [2.24, 2.45) is 0 Å². The molecular weight excluding hydrogens is 268 g/mol. The molecule has 0 atom stereocenters. The van der Waals surface area contributed by atoms with Gasteiger partial charge in [0.2, 0.25) is 0 Å². The topological polar surface area (TPSA) is 17.1 Å². The summed E-state index contributed by atoms with van der Waals surface area (Å²) in [7, 11) is 0. The number of hydrogen-bond acceptors (Lipinski definition) is 1. The minimum absolute atomic E-state index is 0.353. The smallest absolute Gasteiger partial charge is 0.133 e. The number of ketones is 1. The van der Waals surface area contributed by atoms with Crippen molar-refractivity contribution in [2.45, 2.75) is 53.4 Å². The van der Waals surface area contributed by atoms with Gasteiger partial charge in [-0.3, -0.25) is 4.79 Å². The normalized spacial score (nSPS) is 9.82. The Morgan fingerprint density at radius 2 is 1.00 bits per heavy atom. The van der Waals surface area contributed by atoms with Crippen LogP contribution in [0.3, 0.4) is 0 Å². The molecule has 0 saturated carbocycles. The second-order valence-corrected chi connectivity index (χ2v) is 5.51. The summed E-state index contributed by atoms with van der Waals surface area (Å²) in [5, 5.41) is 0. The second-order valence-electron chi connectivity index (χ2n) is 5.51. The maximum atomic E-state index is 11.9. The zero-order valence-corrected chi connectivity index (χ0v) is 14.4. The molecule has 2 rings (SSSR count). The van der Waals surface area contributed by atoms with Crippen LogP contribution in [0, 0.1) is 13.8 Å². The van der Waals surface area contributed by atoms with Crippen LogP contribution in [0.2, 0.25) is 0 Å². The van der Waals surface area contributed by atoms with E-state index in [0.717, 1.165) is 12.8 Å². The molecule has 0 fully saturated rings. The fraction of sp³-hybridized carbons (Fsp3) is 0.381. The Morgan fingerprint density at radius 1 is 0.682 bits per heavy atom. The highest BCUT2D eigenvalue weighted by atomic mass is 16.1. The number of Topliss-reactive ketones (excluding diaryl/α,β-unsaturated/α-hetero) is 1. The number of aryl methyl sites for hydroxylation is 4. The van der Waals surface area contributed by atoms with Crippen molar-refractivity contribution in [3.8, 4) is 0 Å². The zero-order chi connectivity index (χ0) is 16.4. The first-order valence-corrected chi connectivity index (χ1v) is 8.26. The number of benzene rings is 2. The molecule has 118 valence electrons. The van der Waals surface area contributed by atoms with E-state index in [4.69, 9.17) is 0 Å². The molecule has 1 heteroatoms. The predicted octanol–water partition coefficient (Wildman–Crippen LogP) is 5.46. The quantitative estimate of drug-likeness (QED) is 0.691. The van der Waals surface area contributed by atoms with Crippen LogP contribution in [0.25, 0.3) is 0 Å². The largest absolute Gasteiger partial charge is 0.300 e. The number of carbonyl (C=O) groups is 1. The summed E-state index contributed by atoms with van der Waals surface area (Å²) in [6, 6.07) is 16.9. The van der Waals surface area contributed by atoms with Gasteiger partial charge >= 0.3 is 0 Å². The van der Waals surface area contributed by atoms with Gasteiger partial charge in [-0.15, -0.1) is 0 Å². The van der Waals surface area contributed by atoms with E-state index in [9.17, 15) is 4.79 Å². The SMILES string of the molecule is CC.Cc1ccc(CCC(=O)CCc2ccc(C)cc2)cc1. The zero-order valence-electron chi connectivity index (χ0n) is 14.4. The molecule has 0 aliphatic carbocycles. The van der Waals surface area contributed by atoms with E-state index in [1.54, 1.807) is 0 Å². The van der Waals surface area contributed by atoms with Crippen molar-refractivity contribution in [3.63, 3.8) is 0 Å². The van der Waals surface area contributed by atoms with Crippen LogP contribution in [-0.2, 0) is 17.6 Å². The molecule has 22 heavy (non-hydrogen) atoms. The van der Waals surface area contributed by atoms with E-state index in [0.29, 0.717) is 18.6 Å². The second kappa shape index (κ2) is 9.94. The summed E-state index contributed by atoms with van der Waals surface area (Å²) in [4.78, 5) is 11.9. The third-order valence-electron chi connectivity index (χ3n) is 3.63. The lowest BCUT2D eigenvalue weighted by atomic mass is 10.0. The van der Waals surface area contributed by atoms with Gasteiger partial charge in [0.1, 0.15) is 5.78 Å². The first-order chi connectivity index (χ1) is 10.6. The number of hydrogen-bond donors (Lipinski definition) is 0. The van der Waals surface area contributed by atoms with Crippen molar-refractivity contribution in [2.75, 3.05) is 0 Å². The van der Waals surface area contributed by atoms with Crippen LogP contribution < -0.4 is 0 Å². The van der Waals surface area contributed by atoms with E-state index < -0.39 is 0 Å². The highest BCUT2D eigenvalue weighted by Crippen LogP contribution is 2.10. The molecule has 1 nitrogen and oxygen atoms in total. The molecule has 0 N–H and O–H groups in total. The average molecular weight is 296 g/mol. The maximum Gasteiger partial charge on any atom is 0.133 e. The van der Waals surface area contributed by atoms with Gasteiger partial charge in [0.05, 0.1) is 0 Å². The maximum absolute atomic E-state index is 11.9. The third kappa shape index (κ3) is 6.71. The summed E-state index contributed by atoms with van der Waals surface area (Å²) >= 11 is 0. The summed E-state index contributed by atoms with van der Waals surface area (Å²) < 4.78 is 0. The predicted molar refractivity (Wildman–Crippen MR) is 95.4 cm³/mol. The lowest BCUT2D eigenvalue weighted by Gasteiger charge is -2.03. The Kier molecular flexibility index (Phi) is 8.21. The van der Waals surface area contributed by atoms with Gasteiger partial charge in [-0.25, -0.2) is 0 Å². The van der Waals surface area contributed by atoms with Crippen LogP contribution in [0.15, 0.2) is 48.5 Å². The molecule has 0 amide bonds. The molecular formula is C21H28O. The first-order valence-electron chi connectivity index (χ1n) is 8.26. The molecule has 0 aromatic heterocycles. The van der Waals surface area contributed by atoms with Crippen LogP contribution in [0.1, 0.15) is 48.9 Å². The molecule has 0 heterocycles. The first kappa shape index (κ1) is 18.2. The number of carbonyl (C=O) groups excluding carboxylic acids is 1. The van der Waals surface area contributed by atoms with Crippen molar-refractivity contribution in [1.29, 1.82) is 0 Å². The Bertz CT molecular complexity index is 498. The van der Waals surface area contributed by atoms with Gasteiger partial charge in [-0.1, -0.05) is 73.5 Å². The van der Waals surface area contributed by atoms with Crippen LogP contribution in [0.5, 0.6) is 0 Å². The van der Waals surface area contributed by atoms with E-state index in [1.165, 1.54) is 22.3 Å². The third-order valence-corrected chi connectivity index (χ3v) is 3.63. The van der Waals surface area contributed by atoms with Gasteiger partial charge in [0.25, 0.3) is 0 Å². The molecule has 0 saturated heterocycles. The van der Waals surface area contributed by atoms with Crippen molar-refractivity contribution in [1.82, 2.24) is 0 Å². The molecule has 0 unspecified atom stereocenters. The standard InChI is InChI=1S/C19H22O.C2H6/c1-15-3-7-17(8-4-15)11-13-19(20)14-12-18-9-5-16(2)6-10-18;1-2/h3-10H,11-14H2,1-2H3;1-2H3. The molecule has 0 spiro atoms. The molecule has 0 aliphatic rings. The van der Waals surface area contributed by atoms with Gasteiger partial charge in [-0.2, -0.15) is 0 Å².